The van der Waals surface area contributed by atoms with Gasteiger partial charge in [0.25, 0.3) is 0 Å². The first kappa shape index (κ1) is 16.4. The SMILES string of the molecule is CCc1csc(C2CCCN(C(=O)CNCCOC)C2)n1. The van der Waals surface area contributed by atoms with Crippen LogP contribution in [0, 0.1) is 0 Å². The first-order valence-electron chi connectivity index (χ1n) is 7.66. The fourth-order valence-electron chi connectivity index (χ4n) is 2.56. The summed E-state index contributed by atoms with van der Waals surface area (Å²) in [7, 11) is 1.66. The van der Waals surface area contributed by atoms with Crippen LogP contribution in [0.25, 0.3) is 0 Å². The fourth-order valence-corrected chi connectivity index (χ4v) is 3.59. The minimum Gasteiger partial charge on any atom is -0.383 e. The van der Waals surface area contributed by atoms with Crippen molar-refractivity contribution in [2.24, 2.45) is 0 Å². The lowest BCUT2D eigenvalue weighted by atomic mass is 9.98. The first-order chi connectivity index (χ1) is 10.2. The van der Waals surface area contributed by atoms with E-state index in [0.717, 1.165) is 32.4 Å². The van der Waals surface area contributed by atoms with E-state index in [0.29, 0.717) is 25.6 Å². The van der Waals surface area contributed by atoms with Crippen LogP contribution in [0.15, 0.2) is 5.38 Å². The van der Waals surface area contributed by atoms with Gasteiger partial charge in [-0.15, -0.1) is 11.3 Å². The number of carbonyl (C=O) groups excluding carboxylic acids is 1. The predicted molar refractivity (Wildman–Crippen MR) is 84.8 cm³/mol. The van der Waals surface area contributed by atoms with Crippen LogP contribution in [0.1, 0.15) is 36.4 Å². The monoisotopic (exact) mass is 311 g/mol. The summed E-state index contributed by atoms with van der Waals surface area (Å²) in [6.45, 7) is 5.55. The van der Waals surface area contributed by atoms with Crippen molar-refractivity contribution in [1.29, 1.82) is 0 Å². The van der Waals surface area contributed by atoms with Crippen LogP contribution in [0.4, 0.5) is 0 Å². The van der Waals surface area contributed by atoms with E-state index in [1.165, 1.54) is 10.7 Å². The molecule has 1 saturated heterocycles. The predicted octanol–water partition coefficient (Wildman–Crippen LogP) is 1.65. The molecule has 0 saturated carbocycles. The van der Waals surface area contributed by atoms with Crippen LogP contribution in [0.5, 0.6) is 0 Å². The number of hydrogen-bond donors (Lipinski definition) is 1. The summed E-state index contributed by atoms with van der Waals surface area (Å²) in [5, 5.41) is 6.45. The Balaban J connectivity index is 1.83. The minimum absolute atomic E-state index is 0.183. The molecule has 2 rings (SSSR count). The number of amides is 1. The van der Waals surface area contributed by atoms with E-state index in [4.69, 9.17) is 4.74 Å². The lowest BCUT2D eigenvalue weighted by molar-refractivity contribution is -0.131. The van der Waals surface area contributed by atoms with Crippen LogP contribution in [-0.4, -0.2) is 55.7 Å². The molecule has 0 bridgehead atoms. The average molecular weight is 311 g/mol. The zero-order valence-electron chi connectivity index (χ0n) is 12.9. The van der Waals surface area contributed by atoms with Gasteiger partial charge in [0.2, 0.25) is 5.91 Å². The zero-order valence-corrected chi connectivity index (χ0v) is 13.7. The molecule has 1 unspecified atom stereocenters. The van der Waals surface area contributed by atoms with E-state index in [-0.39, 0.29) is 5.91 Å². The van der Waals surface area contributed by atoms with Gasteiger partial charge in [-0.3, -0.25) is 4.79 Å². The van der Waals surface area contributed by atoms with Crippen molar-refractivity contribution in [3.05, 3.63) is 16.1 Å². The van der Waals surface area contributed by atoms with Crippen molar-refractivity contribution >= 4 is 17.2 Å². The Hall–Kier alpha value is -0.980. The maximum Gasteiger partial charge on any atom is 0.236 e. The summed E-state index contributed by atoms with van der Waals surface area (Å²) in [5.74, 6) is 0.593. The lowest BCUT2D eigenvalue weighted by Gasteiger charge is -2.32. The molecular weight excluding hydrogens is 286 g/mol. The molecule has 1 amide bonds. The molecule has 2 heterocycles. The lowest BCUT2D eigenvalue weighted by Crippen LogP contribution is -2.43. The normalized spacial score (nSPS) is 19.0. The number of carbonyl (C=O) groups is 1. The molecule has 0 radical (unpaired) electrons. The number of aryl methyl sites for hydroxylation is 1. The van der Waals surface area contributed by atoms with Gasteiger partial charge in [0.05, 0.1) is 23.9 Å². The molecule has 1 atom stereocenters. The van der Waals surface area contributed by atoms with E-state index in [2.05, 4.69) is 22.6 Å². The van der Waals surface area contributed by atoms with Gasteiger partial charge in [-0.2, -0.15) is 0 Å². The number of hydrogen-bond acceptors (Lipinski definition) is 5. The molecule has 1 aliphatic rings. The third kappa shape index (κ3) is 4.76. The summed E-state index contributed by atoms with van der Waals surface area (Å²) >= 11 is 1.74. The van der Waals surface area contributed by atoms with Gasteiger partial charge in [0.15, 0.2) is 0 Å². The van der Waals surface area contributed by atoms with Crippen LogP contribution >= 0.6 is 11.3 Å². The number of nitrogens with zero attached hydrogens (tertiary/aromatic N) is 2. The maximum atomic E-state index is 12.2. The van der Waals surface area contributed by atoms with Crippen LogP contribution in [0.3, 0.4) is 0 Å². The quantitative estimate of drug-likeness (QED) is 0.778. The summed E-state index contributed by atoms with van der Waals surface area (Å²) in [6, 6.07) is 0. The van der Waals surface area contributed by atoms with E-state index < -0.39 is 0 Å². The van der Waals surface area contributed by atoms with Gasteiger partial charge in [0.1, 0.15) is 0 Å². The molecule has 1 aliphatic heterocycles. The molecule has 1 fully saturated rings. The van der Waals surface area contributed by atoms with Crippen molar-refractivity contribution in [1.82, 2.24) is 15.2 Å². The Bertz CT molecular complexity index is 450. The summed E-state index contributed by atoms with van der Waals surface area (Å²) < 4.78 is 4.96. The summed E-state index contributed by atoms with van der Waals surface area (Å²) in [5.41, 5.74) is 1.17. The number of likely N-dealkylation sites (tertiary alicyclic amines) is 1. The van der Waals surface area contributed by atoms with Crippen LogP contribution in [-0.2, 0) is 16.0 Å². The van der Waals surface area contributed by atoms with Crippen molar-refractivity contribution in [2.75, 3.05) is 39.9 Å². The standard InChI is InChI=1S/C15H25N3O2S/c1-3-13-11-21-15(17-13)12-5-4-7-18(10-12)14(19)9-16-6-8-20-2/h11-12,16H,3-10H2,1-2H3. The molecule has 6 heteroatoms. The second-order valence-corrected chi connectivity index (χ2v) is 6.27. The van der Waals surface area contributed by atoms with Gasteiger partial charge in [-0.1, -0.05) is 6.92 Å². The van der Waals surface area contributed by atoms with Gasteiger partial charge >= 0.3 is 0 Å². The van der Waals surface area contributed by atoms with E-state index >= 15 is 0 Å². The second kappa shape index (κ2) is 8.46. The largest absolute Gasteiger partial charge is 0.383 e. The first-order valence-corrected chi connectivity index (χ1v) is 8.54. The number of aromatic nitrogens is 1. The topological polar surface area (TPSA) is 54.5 Å². The van der Waals surface area contributed by atoms with Crippen molar-refractivity contribution in [3.8, 4) is 0 Å². The average Bonchev–Trinajstić information content (AvgIpc) is 3.00. The highest BCUT2D eigenvalue weighted by Gasteiger charge is 2.26. The Morgan fingerprint density at radius 1 is 1.62 bits per heavy atom. The van der Waals surface area contributed by atoms with Crippen LogP contribution in [0.2, 0.25) is 0 Å². The molecular formula is C15H25N3O2S. The van der Waals surface area contributed by atoms with Crippen molar-refractivity contribution < 1.29 is 9.53 Å². The third-order valence-electron chi connectivity index (χ3n) is 3.81. The molecule has 1 aromatic rings. The second-order valence-electron chi connectivity index (χ2n) is 5.38. The highest BCUT2D eigenvalue weighted by molar-refractivity contribution is 7.09. The van der Waals surface area contributed by atoms with Gasteiger partial charge < -0.3 is 15.0 Å². The molecule has 0 aromatic carbocycles. The summed E-state index contributed by atoms with van der Waals surface area (Å²) in [6.07, 6.45) is 3.18. The third-order valence-corrected chi connectivity index (χ3v) is 4.87. The smallest absolute Gasteiger partial charge is 0.236 e. The van der Waals surface area contributed by atoms with Gasteiger partial charge in [-0.05, 0) is 19.3 Å². The number of nitrogens with one attached hydrogen (secondary N) is 1. The Kier molecular flexibility index (Phi) is 6.60. The van der Waals surface area contributed by atoms with E-state index in [1.807, 2.05) is 4.90 Å². The Morgan fingerprint density at radius 3 is 3.19 bits per heavy atom. The van der Waals surface area contributed by atoms with Crippen LogP contribution < -0.4 is 5.32 Å². The van der Waals surface area contributed by atoms with Gasteiger partial charge in [0, 0.05) is 38.0 Å². The number of ether oxygens (including phenoxy) is 1. The van der Waals surface area contributed by atoms with Crippen molar-refractivity contribution in [2.45, 2.75) is 32.1 Å². The fraction of sp³-hybridized carbons (Fsp3) is 0.733. The van der Waals surface area contributed by atoms with E-state index in [1.54, 1.807) is 18.4 Å². The number of methoxy groups -OCH3 is 1. The minimum atomic E-state index is 0.183. The Morgan fingerprint density at radius 2 is 2.48 bits per heavy atom. The zero-order chi connectivity index (χ0) is 15.1. The molecule has 5 nitrogen and oxygen atoms in total. The molecule has 21 heavy (non-hydrogen) atoms. The van der Waals surface area contributed by atoms with Gasteiger partial charge in [-0.25, -0.2) is 4.98 Å². The Labute approximate surface area is 130 Å². The number of thiazole rings is 1. The highest BCUT2D eigenvalue weighted by atomic mass is 32.1. The highest BCUT2D eigenvalue weighted by Crippen LogP contribution is 2.29. The molecule has 0 aliphatic carbocycles. The van der Waals surface area contributed by atoms with Crippen molar-refractivity contribution in [3.63, 3.8) is 0 Å². The maximum absolute atomic E-state index is 12.2. The molecule has 1 N–H and O–H groups in total. The van der Waals surface area contributed by atoms with E-state index in [9.17, 15) is 4.79 Å². The number of rotatable bonds is 7. The summed E-state index contributed by atoms with van der Waals surface area (Å²) in [4.78, 5) is 18.9. The molecule has 0 spiro atoms. The molecule has 118 valence electrons. The molecule has 1 aromatic heterocycles. The number of piperidine rings is 1.